The lowest BCUT2D eigenvalue weighted by molar-refractivity contribution is 0.0818. The second-order valence-electron chi connectivity index (χ2n) is 7.66. The second-order valence-corrected chi connectivity index (χ2v) is 8.51. The topological polar surface area (TPSA) is 49.5 Å². The van der Waals surface area contributed by atoms with Crippen molar-refractivity contribution in [3.05, 3.63) is 27.7 Å². The van der Waals surface area contributed by atoms with Gasteiger partial charge in [-0.3, -0.25) is 4.90 Å². The smallest absolute Gasteiger partial charge is 0.0541 e. The van der Waals surface area contributed by atoms with Crippen molar-refractivity contribution >= 4 is 21.6 Å². The summed E-state index contributed by atoms with van der Waals surface area (Å²) in [4.78, 5) is 2.38. The monoisotopic (exact) mass is 368 g/mol. The Morgan fingerprint density at radius 2 is 1.82 bits per heavy atom. The van der Waals surface area contributed by atoms with Gasteiger partial charge in [0.2, 0.25) is 0 Å². The van der Waals surface area contributed by atoms with Gasteiger partial charge in [-0.1, -0.05) is 36.7 Å². The molecule has 3 N–H and O–H groups in total. The third-order valence-corrected chi connectivity index (χ3v) is 5.40. The Labute approximate surface area is 143 Å². The molecule has 4 heteroatoms. The number of nitrogens with zero attached hydrogens (tertiary/aromatic N) is 1. The zero-order valence-electron chi connectivity index (χ0n) is 14.2. The van der Waals surface area contributed by atoms with E-state index in [0.717, 1.165) is 42.4 Å². The molecule has 3 nitrogen and oxygen atoms in total. The number of aliphatic hydroxyl groups excluding tert-OH is 1. The van der Waals surface area contributed by atoms with Crippen molar-refractivity contribution in [1.82, 2.24) is 4.90 Å². The van der Waals surface area contributed by atoms with Crippen LogP contribution < -0.4 is 5.73 Å². The van der Waals surface area contributed by atoms with Crippen molar-refractivity contribution in [2.24, 2.45) is 0 Å². The Bertz CT molecular complexity index is 517. The van der Waals surface area contributed by atoms with Crippen molar-refractivity contribution < 1.29 is 5.11 Å². The van der Waals surface area contributed by atoms with Gasteiger partial charge in [0.05, 0.1) is 6.10 Å². The molecule has 0 amide bonds. The van der Waals surface area contributed by atoms with Crippen LogP contribution in [0.15, 0.2) is 16.6 Å². The average Bonchev–Trinajstić information content (AvgIpc) is 2.42. The summed E-state index contributed by atoms with van der Waals surface area (Å²) in [6, 6.07) is 4.82. The minimum Gasteiger partial charge on any atom is -0.398 e. The molecule has 0 heterocycles. The van der Waals surface area contributed by atoms with Crippen LogP contribution in [0, 0.1) is 0 Å². The number of nitrogens with two attached hydrogens (primary N) is 1. The predicted octanol–water partition coefficient (Wildman–Crippen LogP) is 4.06. The zero-order chi connectivity index (χ0) is 16.5. The Hall–Kier alpha value is -0.580. The SMILES string of the molecule is CN(Cc1cc(Br)c(C(C)(C)C)cc1N)C1CCC(O)CC1. The highest BCUT2D eigenvalue weighted by molar-refractivity contribution is 9.10. The van der Waals surface area contributed by atoms with Crippen LogP contribution in [0.25, 0.3) is 0 Å². The summed E-state index contributed by atoms with van der Waals surface area (Å²) < 4.78 is 1.14. The first-order valence-electron chi connectivity index (χ1n) is 8.15. The van der Waals surface area contributed by atoms with Gasteiger partial charge in [-0.15, -0.1) is 0 Å². The van der Waals surface area contributed by atoms with Gasteiger partial charge in [0, 0.05) is 22.7 Å². The van der Waals surface area contributed by atoms with Crippen molar-refractivity contribution in [2.45, 2.75) is 70.6 Å². The summed E-state index contributed by atoms with van der Waals surface area (Å²) in [6.07, 6.45) is 3.86. The lowest BCUT2D eigenvalue weighted by atomic mass is 9.86. The van der Waals surface area contributed by atoms with Crippen LogP contribution in [-0.2, 0) is 12.0 Å². The number of hydrogen-bond acceptors (Lipinski definition) is 3. The molecule has 0 saturated heterocycles. The van der Waals surface area contributed by atoms with Crippen LogP contribution in [0.5, 0.6) is 0 Å². The first-order valence-corrected chi connectivity index (χ1v) is 8.94. The first kappa shape index (κ1) is 17.8. The molecule has 0 spiro atoms. The van der Waals surface area contributed by atoms with Crippen LogP contribution in [0.4, 0.5) is 5.69 Å². The summed E-state index contributed by atoms with van der Waals surface area (Å²) in [5.41, 5.74) is 9.67. The van der Waals surface area contributed by atoms with Gasteiger partial charge in [0.25, 0.3) is 0 Å². The number of halogens is 1. The Morgan fingerprint density at radius 1 is 1.23 bits per heavy atom. The molecule has 0 unspecified atom stereocenters. The molecule has 0 bridgehead atoms. The van der Waals surface area contributed by atoms with Crippen LogP contribution in [-0.4, -0.2) is 29.2 Å². The van der Waals surface area contributed by atoms with Crippen molar-refractivity contribution in [3.8, 4) is 0 Å². The van der Waals surface area contributed by atoms with E-state index in [1.807, 2.05) is 0 Å². The molecule has 0 radical (unpaired) electrons. The minimum atomic E-state index is -0.102. The molecule has 1 aliphatic rings. The summed E-state index contributed by atoms with van der Waals surface area (Å²) >= 11 is 3.70. The quantitative estimate of drug-likeness (QED) is 0.790. The molecule has 0 aliphatic heterocycles. The summed E-state index contributed by atoms with van der Waals surface area (Å²) in [5.74, 6) is 0. The van der Waals surface area contributed by atoms with Gasteiger partial charge in [0.1, 0.15) is 0 Å². The Balaban J connectivity index is 2.11. The van der Waals surface area contributed by atoms with E-state index in [4.69, 9.17) is 5.73 Å². The Kier molecular flexibility index (Phi) is 5.57. The molecular formula is C18H29BrN2O. The molecular weight excluding hydrogens is 340 g/mol. The fourth-order valence-corrected chi connectivity index (χ4v) is 4.23. The van der Waals surface area contributed by atoms with E-state index in [2.05, 4.69) is 60.8 Å². The summed E-state index contributed by atoms with van der Waals surface area (Å²) in [7, 11) is 2.16. The largest absolute Gasteiger partial charge is 0.398 e. The van der Waals surface area contributed by atoms with Crippen LogP contribution in [0.2, 0.25) is 0 Å². The molecule has 22 heavy (non-hydrogen) atoms. The van der Waals surface area contributed by atoms with Gasteiger partial charge in [-0.2, -0.15) is 0 Å². The highest BCUT2D eigenvalue weighted by atomic mass is 79.9. The van der Waals surface area contributed by atoms with Gasteiger partial charge in [0.15, 0.2) is 0 Å². The second kappa shape index (κ2) is 6.90. The number of aliphatic hydroxyl groups is 1. The fourth-order valence-electron chi connectivity index (χ4n) is 3.24. The van der Waals surface area contributed by atoms with Gasteiger partial charge < -0.3 is 10.8 Å². The van der Waals surface area contributed by atoms with E-state index in [1.165, 1.54) is 11.1 Å². The van der Waals surface area contributed by atoms with E-state index >= 15 is 0 Å². The molecule has 1 saturated carbocycles. The van der Waals surface area contributed by atoms with Crippen LogP contribution >= 0.6 is 15.9 Å². The average molecular weight is 369 g/mol. The lowest BCUT2D eigenvalue weighted by Crippen LogP contribution is -2.36. The maximum absolute atomic E-state index is 9.64. The maximum atomic E-state index is 9.64. The molecule has 1 fully saturated rings. The van der Waals surface area contributed by atoms with Gasteiger partial charge in [-0.05, 0) is 61.4 Å². The van der Waals surface area contributed by atoms with Crippen molar-refractivity contribution in [3.63, 3.8) is 0 Å². The molecule has 1 aromatic carbocycles. The third-order valence-electron chi connectivity index (χ3n) is 4.75. The predicted molar refractivity (Wildman–Crippen MR) is 97.0 cm³/mol. The van der Waals surface area contributed by atoms with E-state index in [-0.39, 0.29) is 11.5 Å². The first-order chi connectivity index (χ1) is 10.2. The molecule has 2 rings (SSSR count). The van der Waals surface area contributed by atoms with Gasteiger partial charge in [-0.25, -0.2) is 0 Å². The normalized spacial score (nSPS) is 23.0. The number of hydrogen-bond donors (Lipinski definition) is 2. The number of anilines is 1. The zero-order valence-corrected chi connectivity index (χ0v) is 15.8. The van der Waals surface area contributed by atoms with Crippen molar-refractivity contribution in [1.29, 1.82) is 0 Å². The standard InChI is InChI=1S/C18H29BrN2O/c1-18(2,3)15-10-17(20)12(9-16(15)19)11-21(4)13-5-7-14(22)8-6-13/h9-10,13-14,22H,5-8,11,20H2,1-4H3. The van der Waals surface area contributed by atoms with E-state index < -0.39 is 0 Å². The number of benzene rings is 1. The highest BCUT2D eigenvalue weighted by Gasteiger charge is 2.24. The third kappa shape index (κ3) is 4.24. The van der Waals surface area contributed by atoms with E-state index in [9.17, 15) is 5.11 Å². The summed E-state index contributed by atoms with van der Waals surface area (Å²) in [6.45, 7) is 7.46. The van der Waals surface area contributed by atoms with E-state index in [0.29, 0.717) is 6.04 Å². The van der Waals surface area contributed by atoms with Crippen LogP contribution in [0.1, 0.15) is 57.6 Å². The lowest BCUT2D eigenvalue weighted by Gasteiger charge is -2.33. The summed E-state index contributed by atoms with van der Waals surface area (Å²) in [5, 5.41) is 9.64. The van der Waals surface area contributed by atoms with Crippen LogP contribution in [0.3, 0.4) is 0 Å². The van der Waals surface area contributed by atoms with Crippen molar-refractivity contribution in [2.75, 3.05) is 12.8 Å². The molecule has 1 aliphatic carbocycles. The molecule has 124 valence electrons. The number of nitrogen functional groups attached to an aromatic ring is 1. The fraction of sp³-hybridized carbons (Fsp3) is 0.667. The Morgan fingerprint density at radius 3 is 2.36 bits per heavy atom. The maximum Gasteiger partial charge on any atom is 0.0541 e. The molecule has 0 atom stereocenters. The molecule has 1 aromatic rings. The highest BCUT2D eigenvalue weighted by Crippen LogP contribution is 2.34. The molecule has 0 aromatic heterocycles. The number of rotatable bonds is 3. The minimum absolute atomic E-state index is 0.0803. The van der Waals surface area contributed by atoms with E-state index in [1.54, 1.807) is 0 Å². The van der Waals surface area contributed by atoms with Gasteiger partial charge >= 0.3 is 0 Å².